The van der Waals surface area contributed by atoms with Crippen LogP contribution in [0.25, 0.3) is 0 Å². The molecule has 2 rings (SSSR count). The van der Waals surface area contributed by atoms with E-state index in [1.54, 1.807) is 24.3 Å². The third kappa shape index (κ3) is 4.74. The Hall–Kier alpha value is -1.98. The molecule has 122 valence electrons. The molecule has 0 aromatic heterocycles. The molecule has 2 aromatic carbocycles. The number of benzene rings is 2. The van der Waals surface area contributed by atoms with Gasteiger partial charge in [0.1, 0.15) is 17.7 Å². The van der Waals surface area contributed by atoms with Gasteiger partial charge in [-0.3, -0.25) is 0 Å². The van der Waals surface area contributed by atoms with Crippen molar-refractivity contribution >= 4 is 17.6 Å². The van der Waals surface area contributed by atoms with Crippen molar-refractivity contribution in [2.24, 2.45) is 0 Å². The third-order valence-corrected chi connectivity index (χ3v) is 3.68. The van der Waals surface area contributed by atoms with E-state index in [0.717, 1.165) is 6.07 Å². The van der Waals surface area contributed by atoms with E-state index in [9.17, 15) is 13.6 Å². The molecular formula is C17H16ClF2NO2. The Kier molecular flexibility index (Phi) is 6.07. The predicted molar refractivity (Wildman–Crippen MR) is 84.3 cm³/mol. The SMILES string of the molecule is COC(=O)C(NCCc1cc(F)cc(F)c1)c1ccccc1Cl. The van der Waals surface area contributed by atoms with Crippen LogP contribution in [-0.4, -0.2) is 19.6 Å². The fraction of sp³-hybridized carbons (Fsp3) is 0.235. The molecule has 0 bridgehead atoms. The van der Waals surface area contributed by atoms with Gasteiger partial charge in [0.25, 0.3) is 0 Å². The maximum Gasteiger partial charge on any atom is 0.327 e. The van der Waals surface area contributed by atoms with Crippen molar-refractivity contribution in [2.45, 2.75) is 12.5 Å². The minimum atomic E-state index is -0.743. The Bertz CT molecular complexity index is 674. The second kappa shape index (κ2) is 8.04. The molecule has 0 amide bonds. The first-order valence-electron chi connectivity index (χ1n) is 7.02. The topological polar surface area (TPSA) is 38.3 Å². The lowest BCUT2D eigenvalue weighted by Gasteiger charge is -2.18. The van der Waals surface area contributed by atoms with Gasteiger partial charge in [0, 0.05) is 17.6 Å². The van der Waals surface area contributed by atoms with Crippen LogP contribution in [0.5, 0.6) is 0 Å². The van der Waals surface area contributed by atoms with E-state index in [4.69, 9.17) is 16.3 Å². The Morgan fingerprint density at radius 3 is 2.48 bits per heavy atom. The molecule has 0 aliphatic rings. The number of hydrogen-bond donors (Lipinski definition) is 1. The highest BCUT2D eigenvalue weighted by atomic mass is 35.5. The molecule has 0 aliphatic carbocycles. The largest absolute Gasteiger partial charge is 0.468 e. The quantitative estimate of drug-likeness (QED) is 0.816. The van der Waals surface area contributed by atoms with Crippen LogP contribution < -0.4 is 5.32 Å². The molecule has 0 saturated carbocycles. The summed E-state index contributed by atoms with van der Waals surface area (Å²) in [5, 5.41) is 3.45. The summed E-state index contributed by atoms with van der Waals surface area (Å²) in [4.78, 5) is 12.0. The average molecular weight is 340 g/mol. The van der Waals surface area contributed by atoms with E-state index in [2.05, 4.69) is 5.32 Å². The Morgan fingerprint density at radius 1 is 1.22 bits per heavy atom. The normalized spacial score (nSPS) is 12.0. The molecule has 1 atom stereocenters. The lowest BCUT2D eigenvalue weighted by Crippen LogP contribution is -2.31. The van der Waals surface area contributed by atoms with Crippen molar-refractivity contribution < 1.29 is 18.3 Å². The van der Waals surface area contributed by atoms with Crippen molar-refractivity contribution in [3.63, 3.8) is 0 Å². The number of nitrogens with one attached hydrogen (secondary N) is 1. The van der Waals surface area contributed by atoms with Gasteiger partial charge in [-0.15, -0.1) is 0 Å². The molecule has 0 fully saturated rings. The van der Waals surface area contributed by atoms with Crippen molar-refractivity contribution in [2.75, 3.05) is 13.7 Å². The molecule has 0 saturated heterocycles. The van der Waals surface area contributed by atoms with Gasteiger partial charge in [0.2, 0.25) is 0 Å². The maximum absolute atomic E-state index is 13.2. The standard InChI is InChI=1S/C17H16ClF2NO2/c1-23-17(22)16(14-4-2-3-5-15(14)18)21-7-6-11-8-12(19)10-13(20)9-11/h2-5,8-10,16,21H,6-7H2,1H3. The van der Waals surface area contributed by atoms with Gasteiger partial charge in [0.15, 0.2) is 0 Å². The number of rotatable bonds is 6. The zero-order chi connectivity index (χ0) is 16.8. The lowest BCUT2D eigenvalue weighted by molar-refractivity contribution is -0.143. The number of carbonyl (C=O) groups excluding carboxylic acids is 1. The van der Waals surface area contributed by atoms with Gasteiger partial charge < -0.3 is 10.1 Å². The Morgan fingerprint density at radius 2 is 1.87 bits per heavy atom. The zero-order valence-corrected chi connectivity index (χ0v) is 13.2. The molecule has 0 aliphatic heterocycles. The summed E-state index contributed by atoms with van der Waals surface area (Å²) in [5.74, 6) is -1.74. The first kappa shape index (κ1) is 17.4. The second-order valence-electron chi connectivity index (χ2n) is 4.96. The summed E-state index contributed by atoms with van der Waals surface area (Å²) in [6.07, 6.45) is 0.354. The summed E-state index contributed by atoms with van der Waals surface area (Å²) in [6.45, 7) is 0.327. The van der Waals surface area contributed by atoms with Gasteiger partial charge in [-0.1, -0.05) is 29.8 Å². The van der Waals surface area contributed by atoms with Crippen LogP contribution in [0.2, 0.25) is 5.02 Å². The molecule has 2 aromatic rings. The summed E-state index contributed by atoms with van der Waals surface area (Å²) in [7, 11) is 1.29. The van der Waals surface area contributed by atoms with Crippen molar-refractivity contribution in [1.82, 2.24) is 5.32 Å². The van der Waals surface area contributed by atoms with Crippen molar-refractivity contribution in [3.8, 4) is 0 Å². The van der Waals surface area contributed by atoms with Gasteiger partial charge in [-0.25, -0.2) is 13.6 Å². The maximum atomic E-state index is 13.2. The number of ether oxygens (including phenoxy) is 1. The van der Waals surface area contributed by atoms with Crippen molar-refractivity contribution in [3.05, 3.63) is 70.2 Å². The molecule has 6 heteroatoms. The van der Waals surface area contributed by atoms with E-state index in [-0.39, 0.29) is 0 Å². The highest BCUT2D eigenvalue weighted by molar-refractivity contribution is 6.31. The first-order chi connectivity index (χ1) is 11.0. The van der Waals surface area contributed by atoms with E-state index in [0.29, 0.717) is 29.1 Å². The fourth-order valence-corrected chi connectivity index (χ4v) is 2.51. The Balaban J connectivity index is 2.07. The molecule has 3 nitrogen and oxygen atoms in total. The van der Waals surface area contributed by atoms with E-state index in [1.807, 2.05) is 0 Å². The van der Waals surface area contributed by atoms with Crippen LogP contribution >= 0.6 is 11.6 Å². The molecule has 0 heterocycles. The molecule has 1 N–H and O–H groups in total. The van der Waals surface area contributed by atoms with Gasteiger partial charge in [0.05, 0.1) is 7.11 Å². The molecular weight excluding hydrogens is 324 g/mol. The first-order valence-corrected chi connectivity index (χ1v) is 7.39. The zero-order valence-electron chi connectivity index (χ0n) is 12.5. The summed E-state index contributed by atoms with van der Waals surface area (Å²) >= 11 is 6.11. The van der Waals surface area contributed by atoms with Crippen molar-refractivity contribution in [1.29, 1.82) is 0 Å². The molecule has 0 spiro atoms. The van der Waals surface area contributed by atoms with E-state index in [1.165, 1.54) is 19.2 Å². The summed E-state index contributed by atoms with van der Waals surface area (Å²) in [5.41, 5.74) is 1.09. The molecule has 23 heavy (non-hydrogen) atoms. The number of carbonyl (C=O) groups is 1. The van der Waals surface area contributed by atoms with Gasteiger partial charge in [-0.05, 0) is 35.7 Å². The fourth-order valence-electron chi connectivity index (χ4n) is 2.26. The van der Waals surface area contributed by atoms with Crippen LogP contribution in [0.3, 0.4) is 0 Å². The van der Waals surface area contributed by atoms with Crippen LogP contribution in [0.15, 0.2) is 42.5 Å². The van der Waals surface area contributed by atoms with Gasteiger partial charge in [-0.2, -0.15) is 0 Å². The van der Waals surface area contributed by atoms with Crippen LogP contribution in [0, 0.1) is 11.6 Å². The minimum Gasteiger partial charge on any atom is -0.468 e. The van der Waals surface area contributed by atoms with E-state index < -0.39 is 23.6 Å². The number of esters is 1. The second-order valence-corrected chi connectivity index (χ2v) is 5.37. The van der Waals surface area contributed by atoms with E-state index >= 15 is 0 Å². The number of methoxy groups -OCH3 is 1. The highest BCUT2D eigenvalue weighted by Gasteiger charge is 2.22. The highest BCUT2D eigenvalue weighted by Crippen LogP contribution is 2.23. The summed E-state index contributed by atoms with van der Waals surface area (Å²) < 4.78 is 31.1. The van der Waals surface area contributed by atoms with Crippen LogP contribution in [0.1, 0.15) is 17.2 Å². The Labute approximate surface area is 138 Å². The minimum absolute atomic E-state index is 0.327. The molecule has 0 radical (unpaired) electrons. The number of halogens is 3. The third-order valence-electron chi connectivity index (χ3n) is 3.34. The molecule has 1 unspecified atom stereocenters. The summed E-state index contributed by atoms with van der Waals surface area (Å²) in [6, 6.07) is 9.51. The van der Waals surface area contributed by atoms with Crippen LogP contribution in [-0.2, 0) is 16.0 Å². The average Bonchev–Trinajstić information content (AvgIpc) is 2.51. The van der Waals surface area contributed by atoms with Gasteiger partial charge >= 0.3 is 5.97 Å². The smallest absolute Gasteiger partial charge is 0.327 e. The number of hydrogen-bond acceptors (Lipinski definition) is 3. The predicted octanol–water partition coefficient (Wildman–Crippen LogP) is 3.66. The lowest BCUT2D eigenvalue weighted by atomic mass is 10.1. The van der Waals surface area contributed by atoms with Crippen LogP contribution in [0.4, 0.5) is 8.78 Å². The monoisotopic (exact) mass is 339 g/mol.